The molecule has 1 unspecified atom stereocenters. The number of hydrogen-bond acceptors (Lipinski definition) is 4. The number of non-ortho nitro benzene ring substituents is 1. The van der Waals surface area contributed by atoms with Crippen LogP contribution in [0.25, 0.3) is 11.0 Å². The molecule has 0 aliphatic rings. The van der Waals surface area contributed by atoms with Gasteiger partial charge < -0.3 is 9.67 Å². The zero-order valence-electron chi connectivity index (χ0n) is 10.3. The fraction of sp³-hybridized carbons (Fsp3) is 0.417. The summed E-state index contributed by atoms with van der Waals surface area (Å²) in [6, 6.07) is 4.56. The number of benzene rings is 1. The molecule has 6 nitrogen and oxygen atoms in total. The Bertz CT molecular complexity index is 588. The van der Waals surface area contributed by atoms with Crippen molar-refractivity contribution < 1.29 is 10.0 Å². The number of hydrogen-bond donors (Lipinski definition) is 1. The Morgan fingerprint density at radius 2 is 2.28 bits per heavy atom. The lowest BCUT2D eigenvalue weighted by Gasteiger charge is -2.16. The summed E-state index contributed by atoms with van der Waals surface area (Å²) >= 11 is 0. The standard InChI is InChI=1S/C12H15N3O3/c1-3-9(7-16)14-8(2)13-11-6-10(15(17)18)4-5-12(11)14/h4-6,9,16H,3,7H2,1-2H3. The fourth-order valence-corrected chi connectivity index (χ4v) is 2.18. The molecule has 0 aliphatic carbocycles. The van der Waals surface area contributed by atoms with Crippen molar-refractivity contribution in [3.8, 4) is 0 Å². The van der Waals surface area contributed by atoms with Crippen LogP contribution in [-0.2, 0) is 0 Å². The summed E-state index contributed by atoms with van der Waals surface area (Å²) < 4.78 is 1.93. The van der Waals surface area contributed by atoms with Crippen LogP contribution < -0.4 is 0 Å². The van der Waals surface area contributed by atoms with Crippen molar-refractivity contribution in [2.75, 3.05) is 6.61 Å². The Balaban J connectivity index is 2.62. The molecule has 0 radical (unpaired) electrons. The topological polar surface area (TPSA) is 81.2 Å². The molecule has 0 aliphatic heterocycles. The highest BCUT2D eigenvalue weighted by molar-refractivity contribution is 5.78. The van der Waals surface area contributed by atoms with Crippen LogP contribution >= 0.6 is 0 Å². The number of imidazole rings is 1. The molecule has 0 fully saturated rings. The molecule has 18 heavy (non-hydrogen) atoms. The van der Waals surface area contributed by atoms with Crippen molar-refractivity contribution in [2.45, 2.75) is 26.3 Å². The van der Waals surface area contributed by atoms with Crippen molar-refractivity contribution in [3.05, 3.63) is 34.1 Å². The van der Waals surface area contributed by atoms with E-state index in [2.05, 4.69) is 4.98 Å². The smallest absolute Gasteiger partial charge is 0.271 e. The maximum Gasteiger partial charge on any atom is 0.271 e. The third-order valence-electron chi connectivity index (χ3n) is 3.11. The van der Waals surface area contributed by atoms with Crippen molar-refractivity contribution in [1.29, 1.82) is 0 Å². The Morgan fingerprint density at radius 1 is 1.56 bits per heavy atom. The second kappa shape index (κ2) is 4.73. The van der Waals surface area contributed by atoms with Crippen molar-refractivity contribution in [2.24, 2.45) is 0 Å². The van der Waals surface area contributed by atoms with Gasteiger partial charge in [0, 0.05) is 12.1 Å². The highest BCUT2D eigenvalue weighted by Crippen LogP contribution is 2.25. The van der Waals surface area contributed by atoms with Gasteiger partial charge in [-0.2, -0.15) is 0 Å². The number of aliphatic hydroxyl groups excluding tert-OH is 1. The largest absolute Gasteiger partial charge is 0.394 e. The van der Waals surface area contributed by atoms with Crippen LogP contribution in [0.5, 0.6) is 0 Å². The summed E-state index contributed by atoms with van der Waals surface area (Å²) in [4.78, 5) is 14.6. The molecule has 0 saturated carbocycles. The van der Waals surface area contributed by atoms with Gasteiger partial charge in [0.2, 0.25) is 0 Å². The van der Waals surface area contributed by atoms with E-state index in [-0.39, 0.29) is 18.3 Å². The van der Waals surface area contributed by atoms with Gasteiger partial charge in [0.05, 0.1) is 28.6 Å². The van der Waals surface area contributed by atoms with Gasteiger partial charge in [0.25, 0.3) is 5.69 Å². The average molecular weight is 249 g/mol. The zero-order valence-corrected chi connectivity index (χ0v) is 10.3. The first-order valence-electron chi connectivity index (χ1n) is 5.82. The molecule has 6 heteroatoms. The van der Waals surface area contributed by atoms with Gasteiger partial charge in [0.15, 0.2) is 0 Å². The number of rotatable bonds is 4. The maximum atomic E-state index is 10.7. The van der Waals surface area contributed by atoms with E-state index >= 15 is 0 Å². The number of nitrogens with zero attached hydrogens (tertiary/aromatic N) is 3. The molecule has 96 valence electrons. The predicted octanol–water partition coefficient (Wildman–Crippen LogP) is 2.20. The lowest BCUT2D eigenvalue weighted by molar-refractivity contribution is -0.384. The first kappa shape index (κ1) is 12.5. The van der Waals surface area contributed by atoms with Gasteiger partial charge >= 0.3 is 0 Å². The van der Waals surface area contributed by atoms with Crippen LogP contribution in [-0.4, -0.2) is 26.2 Å². The molecule has 1 aromatic heterocycles. The second-order valence-corrected chi connectivity index (χ2v) is 4.20. The third-order valence-corrected chi connectivity index (χ3v) is 3.11. The normalized spacial score (nSPS) is 12.8. The quantitative estimate of drug-likeness (QED) is 0.665. The molecule has 1 atom stereocenters. The van der Waals surface area contributed by atoms with E-state index in [9.17, 15) is 15.2 Å². The molecule has 1 heterocycles. The lowest BCUT2D eigenvalue weighted by Crippen LogP contribution is -2.13. The molecule has 0 spiro atoms. The number of nitro benzene ring substituents is 1. The van der Waals surface area contributed by atoms with Crippen LogP contribution in [0.4, 0.5) is 5.69 Å². The minimum atomic E-state index is -0.433. The Labute approximate surface area is 104 Å². The highest BCUT2D eigenvalue weighted by atomic mass is 16.6. The molecule has 0 amide bonds. The van der Waals surface area contributed by atoms with Crippen molar-refractivity contribution in [3.63, 3.8) is 0 Å². The number of aryl methyl sites for hydroxylation is 1. The highest BCUT2D eigenvalue weighted by Gasteiger charge is 2.17. The molecule has 2 aromatic rings. The average Bonchev–Trinajstić information content (AvgIpc) is 2.67. The number of nitro groups is 1. The van der Waals surface area contributed by atoms with Crippen LogP contribution in [0.3, 0.4) is 0 Å². The van der Waals surface area contributed by atoms with E-state index in [4.69, 9.17) is 0 Å². The molecule has 2 rings (SSSR count). The van der Waals surface area contributed by atoms with E-state index in [1.807, 2.05) is 18.4 Å². The van der Waals surface area contributed by atoms with Gasteiger partial charge in [-0.15, -0.1) is 0 Å². The van der Waals surface area contributed by atoms with Gasteiger partial charge in [-0.25, -0.2) is 4.98 Å². The van der Waals surface area contributed by atoms with E-state index in [1.54, 1.807) is 6.07 Å². The summed E-state index contributed by atoms with van der Waals surface area (Å²) in [5.41, 5.74) is 1.44. The molecule has 1 aromatic carbocycles. The fourth-order valence-electron chi connectivity index (χ4n) is 2.18. The van der Waals surface area contributed by atoms with E-state index in [1.165, 1.54) is 12.1 Å². The Hall–Kier alpha value is -1.95. The molecular formula is C12H15N3O3. The SMILES string of the molecule is CCC(CO)n1c(C)nc2cc([N+](=O)[O-])ccc21. The molecular weight excluding hydrogens is 234 g/mol. The minimum Gasteiger partial charge on any atom is -0.394 e. The van der Waals surface area contributed by atoms with Crippen LogP contribution in [0.15, 0.2) is 18.2 Å². The van der Waals surface area contributed by atoms with Crippen LogP contribution in [0.1, 0.15) is 25.2 Å². The van der Waals surface area contributed by atoms with Crippen molar-refractivity contribution >= 4 is 16.7 Å². The van der Waals surface area contributed by atoms with Gasteiger partial charge in [0.1, 0.15) is 5.82 Å². The molecule has 0 bridgehead atoms. The first-order valence-corrected chi connectivity index (χ1v) is 5.82. The van der Waals surface area contributed by atoms with E-state index in [0.717, 1.165) is 17.8 Å². The number of aromatic nitrogens is 2. The molecule has 0 saturated heterocycles. The summed E-state index contributed by atoms with van der Waals surface area (Å²) in [7, 11) is 0. The van der Waals surface area contributed by atoms with E-state index < -0.39 is 4.92 Å². The van der Waals surface area contributed by atoms with Crippen LogP contribution in [0, 0.1) is 17.0 Å². The van der Waals surface area contributed by atoms with Crippen molar-refractivity contribution in [1.82, 2.24) is 9.55 Å². The number of fused-ring (bicyclic) bond motifs is 1. The third kappa shape index (κ3) is 1.95. The Morgan fingerprint density at radius 3 is 2.83 bits per heavy atom. The molecule has 1 N–H and O–H groups in total. The predicted molar refractivity (Wildman–Crippen MR) is 67.5 cm³/mol. The van der Waals surface area contributed by atoms with Gasteiger partial charge in [-0.1, -0.05) is 6.92 Å². The summed E-state index contributed by atoms with van der Waals surface area (Å²) in [5, 5.41) is 20.1. The van der Waals surface area contributed by atoms with Crippen LogP contribution in [0.2, 0.25) is 0 Å². The van der Waals surface area contributed by atoms with Gasteiger partial charge in [-0.05, 0) is 19.4 Å². The summed E-state index contributed by atoms with van der Waals surface area (Å²) in [6.45, 7) is 3.85. The second-order valence-electron chi connectivity index (χ2n) is 4.20. The van der Waals surface area contributed by atoms with E-state index in [0.29, 0.717) is 5.52 Å². The zero-order chi connectivity index (χ0) is 13.3. The number of aliphatic hydroxyl groups is 1. The first-order chi connectivity index (χ1) is 8.58. The lowest BCUT2D eigenvalue weighted by atomic mass is 10.2. The Kier molecular flexibility index (Phi) is 3.29. The monoisotopic (exact) mass is 249 g/mol. The van der Waals surface area contributed by atoms with Gasteiger partial charge in [-0.3, -0.25) is 10.1 Å². The summed E-state index contributed by atoms with van der Waals surface area (Å²) in [5.74, 6) is 0.756. The maximum absolute atomic E-state index is 10.7. The summed E-state index contributed by atoms with van der Waals surface area (Å²) in [6.07, 6.45) is 0.778. The minimum absolute atomic E-state index is 0.0276.